The molecule has 0 aliphatic rings. The number of nitrogens with two attached hydrogens (primary N) is 1. The van der Waals surface area contributed by atoms with Gasteiger partial charge in [-0.25, -0.2) is 4.79 Å². The van der Waals surface area contributed by atoms with Gasteiger partial charge in [-0.2, -0.15) is 0 Å². The van der Waals surface area contributed by atoms with Crippen LogP contribution < -0.4 is 11.1 Å². The topological polar surface area (TPSA) is 92.4 Å². The summed E-state index contributed by atoms with van der Waals surface area (Å²) in [6.45, 7) is 3.63. The van der Waals surface area contributed by atoms with Crippen molar-refractivity contribution in [1.29, 1.82) is 0 Å². The van der Waals surface area contributed by atoms with Crippen LogP contribution in [0.1, 0.15) is 37.0 Å². The van der Waals surface area contributed by atoms with E-state index in [1.807, 2.05) is 13.8 Å². The van der Waals surface area contributed by atoms with Gasteiger partial charge in [0.1, 0.15) is 5.54 Å². The van der Waals surface area contributed by atoms with Crippen molar-refractivity contribution in [3.63, 3.8) is 0 Å². The summed E-state index contributed by atoms with van der Waals surface area (Å²) in [4.78, 5) is 22.5. The van der Waals surface area contributed by atoms with Crippen molar-refractivity contribution in [2.45, 2.75) is 32.2 Å². The van der Waals surface area contributed by atoms with Crippen LogP contribution in [0.4, 0.5) is 5.69 Å². The second-order valence-electron chi connectivity index (χ2n) is 4.28. The van der Waals surface area contributed by atoms with Crippen LogP contribution in [0, 0.1) is 0 Å². The molecule has 1 amide bonds. The molecule has 0 fully saturated rings. The van der Waals surface area contributed by atoms with Crippen LogP contribution in [0.5, 0.6) is 0 Å². The average molecular weight is 329 g/mol. The Hall–Kier alpha value is -1.56. The van der Waals surface area contributed by atoms with Crippen LogP contribution in [-0.2, 0) is 4.79 Å². The Balaban J connectivity index is 3.11. The second-order valence-corrected chi connectivity index (χ2v) is 5.13. The van der Waals surface area contributed by atoms with E-state index in [9.17, 15) is 14.7 Å². The highest BCUT2D eigenvalue weighted by atomic mass is 79.9. The van der Waals surface area contributed by atoms with Gasteiger partial charge in [0.25, 0.3) is 0 Å². The minimum absolute atomic E-state index is 0.367. The first kappa shape index (κ1) is 15.5. The van der Waals surface area contributed by atoms with Crippen LogP contribution in [-0.4, -0.2) is 22.5 Å². The normalized spacial score (nSPS) is 11.1. The SMILES string of the molecule is CCC(CC)(Nc1ccc(C(N)=O)cc1Br)C(=O)O. The summed E-state index contributed by atoms with van der Waals surface area (Å²) in [6.07, 6.45) is 0.895. The van der Waals surface area contributed by atoms with E-state index in [1.54, 1.807) is 18.2 Å². The molecule has 6 heteroatoms. The van der Waals surface area contributed by atoms with Gasteiger partial charge in [-0.15, -0.1) is 0 Å². The zero-order valence-electron chi connectivity index (χ0n) is 10.9. The molecule has 0 aliphatic carbocycles. The smallest absolute Gasteiger partial charge is 0.329 e. The van der Waals surface area contributed by atoms with Crippen LogP contribution in [0.15, 0.2) is 22.7 Å². The molecule has 5 nitrogen and oxygen atoms in total. The number of benzene rings is 1. The first-order valence-electron chi connectivity index (χ1n) is 5.97. The molecule has 1 aromatic carbocycles. The van der Waals surface area contributed by atoms with Crippen molar-refractivity contribution in [3.8, 4) is 0 Å². The van der Waals surface area contributed by atoms with Gasteiger partial charge in [0.05, 0.1) is 0 Å². The van der Waals surface area contributed by atoms with Crippen molar-refractivity contribution in [3.05, 3.63) is 28.2 Å². The Morgan fingerprint density at radius 2 is 1.95 bits per heavy atom. The Morgan fingerprint density at radius 1 is 1.37 bits per heavy atom. The van der Waals surface area contributed by atoms with Gasteiger partial charge in [0.15, 0.2) is 0 Å². The number of halogens is 1. The van der Waals surface area contributed by atoms with E-state index >= 15 is 0 Å². The highest BCUT2D eigenvalue weighted by Crippen LogP contribution is 2.29. The molecule has 0 atom stereocenters. The molecule has 0 aliphatic heterocycles. The number of nitrogens with one attached hydrogen (secondary N) is 1. The summed E-state index contributed by atoms with van der Waals surface area (Å²) < 4.78 is 0.608. The van der Waals surface area contributed by atoms with Gasteiger partial charge in [-0.1, -0.05) is 13.8 Å². The van der Waals surface area contributed by atoms with Crippen molar-refractivity contribution >= 4 is 33.5 Å². The zero-order valence-corrected chi connectivity index (χ0v) is 12.5. The first-order valence-corrected chi connectivity index (χ1v) is 6.76. The lowest BCUT2D eigenvalue weighted by Crippen LogP contribution is -2.45. The summed E-state index contributed by atoms with van der Waals surface area (Å²) in [5, 5.41) is 12.4. The molecule has 1 rings (SSSR count). The molecule has 0 heterocycles. The number of carbonyl (C=O) groups is 2. The molecule has 0 aromatic heterocycles. The number of aliphatic carboxylic acids is 1. The molecule has 0 radical (unpaired) electrons. The maximum atomic E-state index is 11.4. The lowest BCUT2D eigenvalue weighted by molar-refractivity contribution is -0.142. The zero-order chi connectivity index (χ0) is 14.6. The van der Waals surface area contributed by atoms with Gasteiger partial charge in [0, 0.05) is 15.7 Å². The fraction of sp³-hybridized carbons (Fsp3) is 0.385. The third kappa shape index (κ3) is 3.26. The minimum Gasteiger partial charge on any atom is -0.480 e. The number of primary amides is 1. The van der Waals surface area contributed by atoms with E-state index < -0.39 is 17.4 Å². The van der Waals surface area contributed by atoms with Crippen LogP contribution in [0.3, 0.4) is 0 Å². The molecule has 0 saturated carbocycles. The molecule has 1 aromatic rings. The summed E-state index contributed by atoms with van der Waals surface area (Å²) in [5.41, 5.74) is 5.16. The number of rotatable bonds is 6. The number of carboxylic acid groups (broad SMARTS) is 1. The monoisotopic (exact) mass is 328 g/mol. The molecule has 4 N–H and O–H groups in total. The third-order valence-electron chi connectivity index (χ3n) is 3.24. The van der Waals surface area contributed by atoms with E-state index in [2.05, 4.69) is 21.2 Å². The molecular formula is C13H17BrN2O3. The maximum absolute atomic E-state index is 11.4. The molecule has 0 saturated heterocycles. The lowest BCUT2D eigenvalue weighted by Gasteiger charge is -2.29. The Bertz CT molecular complexity index is 499. The second kappa shape index (κ2) is 6.06. The van der Waals surface area contributed by atoms with Crippen LogP contribution in [0.25, 0.3) is 0 Å². The maximum Gasteiger partial charge on any atom is 0.329 e. The summed E-state index contributed by atoms with van der Waals surface area (Å²) in [5.74, 6) is -1.42. The van der Waals surface area contributed by atoms with E-state index in [0.29, 0.717) is 28.6 Å². The fourth-order valence-corrected chi connectivity index (χ4v) is 2.29. The number of carbonyl (C=O) groups excluding carboxylic acids is 1. The molecule has 0 spiro atoms. The highest BCUT2D eigenvalue weighted by molar-refractivity contribution is 9.10. The third-order valence-corrected chi connectivity index (χ3v) is 3.90. The summed E-state index contributed by atoms with van der Waals surface area (Å²) in [6, 6.07) is 4.78. The van der Waals surface area contributed by atoms with Gasteiger partial charge < -0.3 is 16.2 Å². The number of hydrogen-bond donors (Lipinski definition) is 3. The fourth-order valence-electron chi connectivity index (χ4n) is 1.81. The van der Waals surface area contributed by atoms with Gasteiger partial charge in [-0.05, 0) is 47.0 Å². The minimum atomic E-state index is -1.02. The quantitative estimate of drug-likeness (QED) is 0.748. The Labute approximate surface area is 120 Å². The lowest BCUT2D eigenvalue weighted by atomic mass is 9.92. The molecule has 19 heavy (non-hydrogen) atoms. The van der Waals surface area contributed by atoms with E-state index in [0.717, 1.165) is 0 Å². The largest absolute Gasteiger partial charge is 0.480 e. The predicted octanol–water partition coefficient (Wildman–Crippen LogP) is 2.60. The van der Waals surface area contributed by atoms with Gasteiger partial charge in [-0.3, -0.25) is 4.79 Å². The van der Waals surface area contributed by atoms with Gasteiger partial charge in [0.2, 0.25) is 5.91 Å². The van der Waals surface area contributed by atoms with Crippen LogP contribution in [0.2, 0.25) is 0 Å². The van der Waals surface area contributed by atoms with E-state index in [-0.39, 0.29) is 0 Å². The van der Waals surface area contributed by atoms with Crippen molar-refractivity contribution in [2.75, 3.05) is 5.32 Å². The number of amides is 1. The standard InChI is InChI=1S/C13H17BrN2O3/c1-3-13(4-2,12(18)19)16-10-6-5-8(11(15)17)7-9(10)14/h5-7,16H,3-4H2,1-2H3,(H2,15,17)(H,18,19). The van der Waals surface area contributed by atoms with Crippen molar-refractivity contribution in [1.82, 2.24) is 0 Å². The van der Waals surface area contributed by atoms with Crippen molar-refractivity contribution in [2.24, 2.45) is 5.73 Å². The number of carboxylic acids is 1. The summed E-state index contributed by atoms with van der Waals surface area (Å²) >= 11 is 3.31. The number of anilines is 1. The Morgan fingerprint density at radius 3 is 2.32 bits per heavy atom. The molecule has 0 bridgehead atoms. The highest BCUT2D eigenvalue weighted by Gasteiger charge is 2.35. The van der Waals surface area contributed by atoms with Crippen molar-refractivity contribution < 1.29 is 14.7 Å². The molecular weight excluding hydrogens is 312 g/mol. The summed E-state index contributed by atoms with van der Waals surface area (Å²) in [7, 11) is 0. The molecule has 0 unspecified atom stereocenters. The van der Waals surface area contributed by atoms with E-state index in [1.165, 1.54) is 0 Å². The Kier molecular flexibility index (Phi) is 4.94. The predicted molar refractivity (Wildman–Crippen MR) is 77.2 cm³/mol. The molecule has 104 valence electrons. The number of hydrogen-bond acceptors (Lipinski definition) is 3. The van der Waals surface area contributed by atoms with Gasteiger partial charge >= 0.3 is 5.97 Å². The first-order chi connectivity index (χ1) is 8.86. The van der Waals surface area contributed by atoms with Crippen LogP contribution >= 0.6 is 15.9 Å². The van der Waals surface area contributed by atoms with E-state index in [4.69, 9.17) is 5.73 Å². The average Bonchev–Trinajstić information content (AvgIpc) is 2.37.